The molecule has 1 fully saturated rings. The molecule has 0 radical (unpaired) electrons. The van der Waals surface area contributed by atoms with Crippen LogP contribution < -0.4 is 9.47 Å². The molecule has 7 nitrogen and oxygen atoms in total. The maximum atomic E-state index is 13.2. The number of ether oxygens (including phenoxy) is 2. The lowest BCUT2D eigenvalue weighted by Crippen LogP contribution is -2.29. The molecule has 34 heavy (non-hydrogen) atoms. The molecule has 1 amide bonds. The number of Topliss-reactive ketones (excluding diaryl/α,β-unsaturated/α-hetero) is 1. The molecule has 0 bridgehead atoms. The number of amides is 1. The molecule has 3 heterocycles. The van der Waals surface area contributed by atoms with Gasteiger partial charge in [-0.3, -0.25) is 14.6 Å². The molecule has 1 aromatic heterocycles. The highest BCUT2D eigenvalue weighted by Crippen LogP contribution is 2.42. The SMILES string of the molecule is CC(C)c1ccc(C2/C(=C(\O)c3ccc4c(c3)OCO4)C(=O)C(=O)N2Cc2cccnc2)cc1. The summed E-state index contributed by atoms with van der Waals surface area (Å²) in [6.45, 7) is 4.48. The summed E-state index contributed by atoms with van der Waals surface area (Å²) in [5.41, 5.74) is 3.10. The van der Waals surface area contributed by atoms with Crippen molar-refractivity contribution < 1.29 is 24.2 Å². The summed E-state index contributed by atoms with van der Waals surface area (Å²) in [5, 5.41) is 11.3. The van der Waals surface area contributed by atoms with E-state index in [4.69, 9.17) is 9.47 Å². The monoisotopic (exact) mass is 456 g/mol. The van der Waals surface area contributed by atoms with Crippen LogP contribution >= 0.6 is 0 Å². The highest BCUT2D eigenvalue weighted by Gasteiger charge is 2.46. The van der Waals surface area contributed by atoms with Crippen LogP contribution in [-0.4, -0.2) is 33.5 Å². The lowest BCUT2D eigenvalue weighted by Gasteiger charge is -2.25. The molecule has 1 atom stereocenters. The molecule has 1 N–H and O–H groups in total. The van der Waals surface area contributed by atoms with Gasteiger partial charge in [-0.1, -0.05) is 44.2 Å². The Morgan fingerprint density at radius 2 is 1.85 bits per heavy atom. The number of rotatable bonds is 5. The summed E-state index contributed by atoms with van der Waals surface area (Å²) in [6.07, 6.45) is 3.31. The van der Waals surface area contributed by atoms with Crippen LogP contribution in [0.2, 0.25) is 0 Å². The second-order valence-electron chi connectivity index (χ2n) is 8.68. The van der Waals surface area contributed by atoms with Gasteiger partial charge in [-0.25, -0.2) is 0 Å². The summed E-state index contributed by atoms with van der Waals surface area (Å²) in [4.78, 5) is 32.0. The van der Waals surface area contributed by atoms with Gasteiger partial charge in [-0.05, 0) is 46.9 Å². The number of hydrogen-bond acceptors (Lipinski definition) is 6. The summed E-state index contributed by atoms with van der Waals surface area (Å²) in [5.74, 6) is -0.255. The van der Waals surface area contributed by atoms with E-state index in [1.165, 1.54) is 4.90 Å². The van der Waals surface area contributed by atoms with Gasteiger partial charge in [0.25, 0.3) is 11.7 Å². The van der Waals surface area contributed by atoms with Crippen molar-refractivity contribution in [2.45, 2.75) is 32.4 Å². The molecule has 0 spiro atoms. The Morgan fingerprint density at radius 3 is 2.56 bits per heavy atom. The van der Waals surface area contributed by atoms with Gasteiger partial charge in [0, 0.05) is 24.5 Å². The van der Waals surface area contributed by atoms with Crippen molar-refractivity contribution in [2.75, 3.05) is 6.79 Å². The highest BCUT2D eigenvalue weighted by atomic mass is 16.7. The summed E-state index contributed by atoms with van der Waals surface area (Å²) >= 11 is 0. The number of ketones is 1. The molecule has 0 saturated carbocycles. The van der Waals surface area contributed by atoms with Crippen molar-refractivity contribution in [3.8, 4) is 11.5 Å². The third-order valence-electron chi connectivity index (χ3n) is 6.18. The van der Waals surface area contributed by atoms with Gasteiger partial charge < -0.3 is 19.5 Å². The van der Waals surface area contributed by atoms with Gasteiger partial charge in [0.1, 0.15) is 5.76 Å². The van der Waals surface area contributed by atoms with Crippen molar-refractivity contribution in [3.63, 3.8) is 0 Å². The zero-order chi connectivity index (χ0) is 23.8. The number of hydrogen-bond donors (Lipinski definition) is 1. The molecule has 2 aliphatic rings. The van der Waals surface area contributed by atoms with E-state index in [2.05, 4.69) is 18.8 Å². The number of aliphatic hydroxyl groups is 1. The molecule has 0 aliphatic carbocycles. The van der Waals surface area contributed by atoms with Crippen LogP contribution in [0.25, 0.3) is 5.76 Å². The summed E-state index contributed by atoms with van der Waals surface area (Å²) in [7, 11) is 0. The van der Waals surface area contributed by atoms with Crippen LogP contribution in [0.1, 0.15) is 48.1 Å². The van der Waals surface area contributed by atoms with Gasteiger partial charge in [0.05, 0.1) is 11.6 Å². The Bertz CT molecular complexity index is 1280. The smallest absolute Gasteiger partial charge is 0.295 e. The Labute approximate surface area is 197 Å². The van der Waals surface area contributed by atoms with Crippen LogP contribution in [0, 0.1) is 0 Å². The van der Waals surface area contributed by atoms with E-state index < -0.39 is 17.7 Å². The van der Waals surface area contributed by atoms with Crippen LogP contribution in [0.3, 0.4) is 0 Å². The van der Waals surface area contributed by atoms with Gasteiger partial charge >= 0.3 is 0 Å². The average molecular weight is 456 g/mol. The molecule has 2 aromatic carbocycles. The lowest BCUT2D eigenvalue weighted by atomic mass is 9.93. The van der Waals surface area contributed by atoms with Crippen LogP contribution in [-0.2, 0) is 16.1 Å². The van der Waals surface area contributed by atoms with Crippen molar-refractivity contribution in [3.05, 3.63) is 94.8 Å². The fourth-order valence-corrected chi connectivity index (χ4v) is 4.34. The first-order valence-electron chi connectivity index (χ1n) is 11.1. The molecular formula is C27H24N2O5. The molecule has 172 valence electrons. The van der Waals surface area contributed by atoms with E-state index in [1.807, 2.05) is 30.3 Å². The van der Waals surface area contributed by atoms with E-state index in [0.717, 1.165) is 16.7 Å². The molecule has 2 aliphatic heterocycles. The van der Waals surface area contributed by atoms with Gasteiger partial charge in [0.2, 0.25) is 6.79 Å². The predicted molar refractivity (Wildman–Crippen MR) is 125 cm³/mol. The van der Waals surface area contributed by atoms with Gasteiger partial charge in [0.15, 0.2) is 11.5 Å². The van der Waals surface area contributed by atoms with Gasteiger partial charge in [-0.2, -0.15) is 0 Å². The average Bonchev–Trinajstić information content (AvgIpc) is 3.42. The fraction of sp³-hybridized carbons (Fsp3) is 0.222. The third-order valence-corrected chi connectivity index (χ3v) is 6.18. The van der Waals surface area contributed by atoms with E-state index in [-0.39, 0.29) is 24.7 Å². The highest BCUT2D eigenvalue weighted by molar-refractivity contribution is 6.46. The number of aromatic nitrogens is 1. The summed E-state index contributed by atoms with van der Waals surface area (Å²) < 4.78 is 10.8. The fourth-order valence-electron chi connectivity index (χ4n) is 4.34. The minimum Gasteiger partial charge on any atom is -0.507 e. The second kappa shape index (κ2) is 8.67. The van der Waals surface area contributed by atoms with Gasteiger partial charge in [-0.15, -0.1) is 0 Å². The lowest BCUT2D eigenvalue weighted by molar-refractivity contribution is -0.140. The number of carbonyl (C=O) groups excluding carboxylic acids is 2. The van der Waals surface area contributed by atoms with Crippen LogP contribution in [0.4, 0.5) is 0 Å². The van der Waals surface area contributed by atoms with E-state index in [0.29, 0.717) is 23.0 Å². The minimum atomic E-state index is -0.744. The Morgan fingerprint density at radius 1 is 1.09 bits per heavy atom. The van der Waals surface area contributed by atoms with E-state index >= 15 is 0 Å². The quantitative estimate of drug-likeness (QED) is 0.344. The standard InChI is InChI=1S/C27H24N2O5/c1-16(2)18-5-7-19(8-6-18)24-23(25(30)20-9-10-21-22(12-20)34-15-33-21)26(31)27(32)29(24)14-17-4-3-11-28-13-17/h3-13,16,24,30H,14-15H2,1-2H3/b25-23+. The zero-order valence-electron chi connectivity index (χ0n) is 18.9. The Balaban J connectivity index is 1.63. The van der Waals surface area contributed by atoms with Crippen LogP contribution in [0.15, 0.2) is 72.6 Å². The largest absolute Gasteiger partial charge is 0.507 e. The normalized spacial score (nSPS) is 18.7. The number of benzene rings is 2. The third kappa shape index (κ3) is 3.79. The number of likely N-dealkylation sites (tertiary alicyclic amines) is 1. The molecule has 3 aromatic rings. The first-order valence-corrected chi connectivity index (χ1v) is 11.1. The predicted octanol–water partition coefficient (Wildman–Crippen LogP) is 4.56. The topological polar surface area (TPSA) is 89.0 Å². The number of carbonyl (C=O) groups is 2. The molecule has 1 unspecified atom stereocenters. The van der Waals surface area contributed by atoms with Crippen molar-refractivity contribution >= 4 is 17.4 Å². The minimum absolute atomic E-state index is 0.0463. The molecule has 1 saturated heterocycles. The molecular weight excluding hydrogens is 432 g/mol. The first kappa shape index (κ1) is 21.7. The van der Waals surface area contributed by atoms with Crippen molar-refractivity contribution in [1.29, 1.82) is 0 Å². The van der Waals surface area contributed by atoms with E-state index in [9.17, 15) is 14.7 Å². The molecule has 5 rings (SSSR count). The number of fused-ring (bicyclic) bond motifs is 1. The Kier molecular flexibility index (Phi) is 5.53. The van der Waals surface area contributed by atoms with Crippen LogP contribution in [0.5, 0.6) is 11.5 Å². The van der Waals surface area contributed by atoms with Crippen molar-refractivity contribution in [1.82, 2.24) is 9.88 Å². The number of pyridine rings is 1. The number of aliphatic hydroxyl groups excluding tert-OH is 1. The first-order chi connectivity index (χ1) is 16.4. The Hall–Kier alpha value is -4.13. The van der Waals surface area contributed by atoms with E-state index in [1.54, 1.807) is 36.7 Å². The zero-order valence-corrected chi connectivity index (χ0v) is 18.9. The number of nitrogens with zero attached hydrogens (tertiary/aromatic N) is 2. The maximum Gasteiger partial charge on any atom is 0.295 e. The molecule has 7 heteroatoms. The van der Waals surface area contributed by atoms with Crippen molar-refractivity contribution in [2.24, 2.45) is 0 Å². The maximum absolute atomic E-state index is 13.2. The second-order valence-corrected chi connectivity index (χ2v) is 8.68. The summed E-state index contributed by atoms with van der Waals surface area (Å²) in [6, 6.07) is 15.6.